The molecule has 0 heterocycles. The van der Waals surface area contributed by atoms with E-state index < -0.39 is 0 Å². The maximum Gasteiger partial charge on any atom is 0.0739 e. The van der Waals surface area contributed by atoms with Crippen LogP contribution in [0.5, 0.6) is 0 Å². The molecule has 0 fully saturated rings. The Labute approximate surface area is 317 Å². The van der Waals surface area contributed by atoms with Crippen molar-refractivity contribution in [2.45, 2.75) is 289 Å². The lowest BCUT2D eigenvalue weighted by molar-refractivity contribution is -0.368. The molecule has 3 N–H and O–H groups in total. The zero-order valence-corrected chi connectivity index (χ0v) is 35.5. The van der Waals surface area contributed by atoms with Gasteiger partial charge < -0.3 is 22.7 Å². The Kier molecular flexibility index (Phi) is 52.2. The molecule has 0 aromatic heterocycles. The van der Waals surface area contributed by atoms with E-state index in [2.05, 4.69) is 12.7 Å². The molecule has 0 rings (SSSR count). The number of rotatable bonds is 44. The van der Waals surface area contributed by atoms with E-state index in [1.807, 2.05) is 0 Å². The average Bonchev–Trinajstić information content (AvgIpc) is 3.08. The SMILES string of the molecule is CCCCCCCCCCCCCCCCCCCCCCCCCCCCCCCCCCCCCCCCCCCCCC[NH3+].[Br-]. The van der Waals surface area contributed by atoms with Gasteiger partial charge in [0.05, 0.1) is 6.54 Å². The summed E-state index contributed by atoms with van der Waals surface area (Å²) in [7, 11) is 0. The molecular weight excluding hydrogens is 646 g/mol. The van der Waals surface area contributed by atoms with Crippen molar-refractivity contribution >= 4 is 0 Å². The third-order valence-corrected chi connectivity index (χ3v) is 11.1. The van der Waals surface area contributed by atoms with Gasteiger partial charge >= 0.3 is 0 Å². The number of quaternary nitrogens is 1. The summed E-state index contributed by atoms with van der Waals surface area (Å²) in [5.74, 6) is 0. The number of unbranched alkanes of at least 4 members (excludes halogenated alkanes) is 43. The molecule has 0 aromatic carbocycles. The van der Waals surface area contributed by atoms with E-state index in [1.54, 1.807) is 0 Å². The topological polar surface area (TPSA) is 27.6 Å². The lowest BCUT2D eigenvalue weighted by atomic mass is 10.0. The molecule has 292 valence electrons. The third kappa shape index (κ3) is 48.6. The molecule has 0 aromatic rings. The zero-order valence-electron chi connectivity index (χ0n) is 33.9. The summed E-state index contributed by atoms with van der Waals surface area (Å²) >= 11 is 0. The predicted octanol–water partition coefficient (Wildman–Crippen LogP) is 13.4. The van der Waals surface area contributed by atoms with Crippen LogP contribution in [0, 0.1) is 0 Å². The van der Waals surface area contributed by atoms with Gasteiger partial charge in [0.1, 0.15) is 0 Å². The summed E-state index contributed by atoms with van der Waals surface area (Å²) < 4.78 is 0. The summed E-state index contributed by atoms with van der Waals surface area (Å²) in [5.41, 5.74) is 3.94. The van der Waals surface area contributed by atoms with Gasteiger partial charge in [-0.1, -0.05) is 277 Å². The molecule has 0 radical (unpaired) electrons. The highest BCUT2D eigenvalue weighted by Gasteiger charge is 1.98. The number of hydrogen-bond donors (Lipinski definition) is 1. The second kappa shape index (κ2) is 49.6. The maximum atomic E-state index is 3.94. The average molecular weight is 743 g/mol. The molecule has 0 saturated carbocycles. The maximum absolute atomic E-state index is 3.94. The molecule has 0 aliphatic rings. The van der Waals surface area contributed by atoms with Crippen molar-refractivity contribution in [2.24, 2.45) is 0 Å². The Bertz CT molecular complexity index is 464. The molecule has 0 atom stereocenters. The first kappa shape index (κ1) is 50.5. The third-order valence-electron chi connectivity index (χ3n) is 11.1. The lowest BCUT2D eigenvalue weighted by Crippen LogP contribution is -3.00. The summed E-state index contributed by atoms with van der Waals surface area (Å²) in [4.78, 5) is 0. The van der Waals surface area contributed by atoms with E-state index in [4.69, 9.17) is 0 Å². The van der Waals surface area contributed by atoms with Crippen LogP contribution in [-0.2, 0) is 0 Å². The van der Waals surface area contributed by atoms with Gasteiger partial charge in [-0.25, -0.2) is 0 Å². The molecule has 0 aliphatic carbocycles. The van der Waals surface area contributed by atoms with Crippen LogP contribution in [0.15, 0.2) is 0 Å². The van der Waals surface area contributed by atoms with Gasteiger partial charge in [-0.15, -0.1) is 0 Å². The Morgan fingerprint density at radius 2 is 0.292 bits per heavy atom. The van der Waals surface area contributed by atoms with Gasteiger partial charge in [-0.2, -0.15) is 0 Å². The predicted molar refractivity (Wildman–Crippen MR) is 217 cm³/mol. The quantitative estimate of drug-likeness (QED) is 0.0602. The van der Waals surface area contributed by atoms with Crippen molar-refractivity contribution in [1.29, 1.82) is 0 Å². The van der Waals surface area contributed by atoms with Gasteiger partial charge in [0.2, 0.25) is 0 Å². The summed E-state index contributed by atoms with van der Waals surface area (Å²) in [6, 6.07) is 0. The van der Waals surface area contributed by atoms with Crippen molar-refractivity contribution in [3.63, 3.8) is 0 Å². The molecule has 0 amide bonds. The monoisotopic (exact) mass is 742 g/mol. The van der Waals surface area contributed by atoms with Gasteiger partial charge in [0.15, 0.2) is 0 Å². The molecule has 48 heavy (non-hydrogen) atoms. The first-order valence-electron chi connectivity index (χ1n) is 23.2. The summed E-state index contributed by atoms with van der Waals surface area (Å²) in [6.45, 7) is 3.44. The zero-order chi connectivity index (χ0) is 33.8. The Morgan fingerprint density at radius 3 is 0.396 bits per heavy atom. The van der Waals surface area contributed by atoms with Crippen molar-refractivity contribution in [1.82, 2.24) is 0 Å². The van der Waals surface area contributed by atoms with E-state index in [9.17, 15) is 0 Å². The van der Waals surface area contributed by atoms with E-state index >= 15 is 0 Å². The second-order valence-electron chi connectivity index (χ2n) is 16.1. The van der Waals surface area contributed by atoms with Crippen molar-refractivity contribution < 1.29 is 22.7 Å². The van der Waals surface area contributed by atoms with E-state index in [0.717, 1.165) is 6.54 Å². The van der Waals surface area contributed by atoms with Crippen LogP contribution in [0.25, 0.3) is 0 Å². The Hall–Kier alpha value is 0.440. The molecule has 0 spiro atoms. The van der Waals surface area contributed by atoms with Gasteiger partial charge in [-0.05, 0) is 12.8 Å². The molecule has 2 heteroatoms. The Balaban J connectivity index is 0. The van der Waals surface area contributed by atoms with Crippen LogP contribution in [-0.4, -0.2) is 6.54 Å². The molecule has 0 aliphatic heterocycles. The molecule has 0 unspecified atom stereocenters. The summed E-state index contributed by atoms with van der Waals surface area (Å²) in [6.07, 6.45) is 65.1. The van der Waals surface area contributed by atoms with Gasteiger partial charge in [-0.3, -0.25) is 0 Å². The van der Waals surface area contributed by atoms with Crippen LogP contribution < -0.4 is 22.7 Å². The van der Waals surface area contributed by atoms with E-state index in [-0.39, 0.29) is 17.0 Å². The lowest BCUT2D eigenvalue weighted by Gasteiger charge is -2.05. The minimum Gasteiger partial charge on any atom is -1.00 e. The van der Waals surface area contributed by atoms with Gasteiger partial charge in [0.25, 0.3) is 0 Å². The highest BCUT2D eigenvalue weighted by Crippen LogP contribution is 2.18. The van der Waals surface area contributed by atoms with Crippen molar-refractivity contribution in [2.75, 3.05) is 6.54 Å². The largest absolute Gasteiger partial charge is 1.00 e. The second-order valence-corrected chi connectivity index (χ2v) is 16.1. The standard InChI is InChI=1S/C46H95N.BrH/c1-2-3-4-5-6-7-8-9-10-11-12-13-14-15-16-17-18-19-20-21-22-23-24-25-26-27-28-29-30-31-32-33-34-35-36-37-38-39-40-41-42-43-44-45-46-47;/h2-47H2,1H3;1H. The molecule has 0 saturated heterocycles. The van der Waals surface area contributed by atoms with Crippen LogP contribution in [0.3, 0.4) is 0 Å². The van der Waals surface area contributed by atoms with Crippen LogP contribution in [0.1, 0.15) is 289 Å². The van der Waals surface area contributed by atoms with Gasteiger partial charge in [0, 0.05) is 0 Å². The Morgan fingerprint density at radius 1 is 0.188 bits per heavy atom. The minimum atomic E-state index is 0. The fourth-order valence-corrected chi connectivity index (χ4v) is 7.67. The normalized spacial score (nSPS) is 11.4. The first-order valence-corrected chi connectivity index (χ1v) is 23.2. The van der Waals surface area contributed by atoms with E-state index in [1.165, 1.54) is 283 Å². The first-order chi connectivity index (χ1) is 23.4. The van der Waals surface area contributed by atoms with Crippen molar-refractivity contribution in [3.8, 4) is 0 Å². The van der Waals surface area contributed by atoms with Crippen LogP contribution in [0.4, 0.5) is 0 Å². The van der Waals surface area contributed by atoms with Crippen molar-refractivity contribution in [3.05, 3.63) is 0 Å². The van der Waals surface area contributed by atoms with E-state index in [0.29, 0.717) is 0 Å². The van der Waals surface area contributed by atoms with Crippen LogP contribution in [0.2, 0.25) is 0 Å². The molecule has 0 bridgehead atoms. The summed E-state index contributed by atoms with van der Waals surface area (Å²) in [5, 5.41) is 0. The fourth-order valence-electron chi connectivity index (χ4n) is 7.67. The van der Waals surface area contributed by atoms with Crippen LogP contribution >= 0.6 is 0 Å². The molecule has 1 nitrogen and oxygen atoms in total. The highest BCUT2D eigenvalue weighted by atomic mass is 79.9. The smallest absolute Gasteiger partial charge is 0.0739 e. The number of hydrogen-bond acceptors (Lipinski definition) is 0. The fraction of sp³-hybridized carbons (Fsp3) is 1.00. The highest BCUT2D eigenvalue weighted by molar-refractivity contribution is 4.54. The number of halogens is 1. The minimum absolute atomic E-state index is 0. The molecular formula is C46H96BrN.